The molecule has 2 aromatic rings. The monoisotopic (exact) mass is 433 g/mol. The Morgan fingerprint density at radius 3 is 1.97 bits per heavy atom. The summed E-state index contributed by atoms with van der Waals surface area (Å²) in [7, 11) is 0. The molecule has 2 heterocycles. The van der Waals surface area contributed by atoms with Gasteiger partial charge in [-0.2, -0.15) is 0 Å². The molecule has 11 heteroatoms. The smallest absolute Gasteiger partial charge is 0.230 e. The highest BCUT2D eigenvalue weighted by Gasteiger charge is 2.23. The van der Waals surface area contributed by atoms with Crippen molar-refractivity contribution >= 4 is 29.1 Å². The van der Waals surface area contributed by atoms with Crippen LogP contribution in [0.2, 0.25) is 0 Å². The number of nitrogens with zero attached hydrogens (tertiary/aromatic N) is 5. The first-order chi connectivity index (χ1) is 14.2. The molecule has 2 rings (SSSR count). The molecule has 0 spiro atoms. The second-order valence-corrected chi connectivity index (χ2v) is 8.48. The Balaban J connectivity index is 0.000000316. The maximum absolute atomic E-state index is 12.9. The molecule has 0 aromatic carbocycles. The highest BCUT2D eigenvalue weighted by molar-refractivity contribution is 5.95. The number of aromatic nitrogens is 2. The minimum atomic E-state index is -0.638. The van der Waals surface area contributed by atoms with E-state index in [0.717, 1.165) is 18.5 Å². The average molecular weight is 433 g/mol. The highest BCUT2D eigenvalue weighted by Crippen LogP contribution is 2.25. The van der Waals surface area contributed by atoms with Gasteiger partial charge in [-0.15, -0.1) is 0 Å². The molecule has 2 aromatic heterocycles. The molecule has 0 aliphatic rings. The molecule has 2 amide bonds. The van der Waals surface area contributed by atoms with Crippen LogP contribution >= 0.6 is 0 Å². The van der Waals surface area contributed by atoms with Crippen LogP contribution in [-0.4, -0.2) is 21.8 Å². The van der Waals surface area contributed by atoms with E-state index < -0.39 is 22.5 Å². The molecule has 31 heavy (non-hydrogen) atoms. The second kappa shape index (κ2) is 10.4. The molecule has 2 N–H and O–H groups in total. The Bertz CT molecular complexity index is 975. The maximum atomic E-state index is 12.9. The summed E-state index contributed by atoms with van der Waals surface area (Å²) in [6.45, 7) is 10.6. The number of carbonyl (C=O) groups excluding carboxylic acids is 2. The number of pyridine rings is 2. The van der Waals surface area contributed by atoms with Crippen LogP contribution in [0.25, 0.3) is 10.4 Å². The summed E-state index contributed by atoms with van der Waals surface area (Å²) in [5.41, 5.74) is 7.18. The van der Waals surface area contributed by atoms with E-state index in [1.165, 1.54) is 12.1 Å². The summed E-state index contributed by atoms with van der Waals surface area (Å²) >= 11 is 0. The Kier molecular flexibility index (Phi) is 8.57. The standard InChI is InChI=1S/C10H12FN5O.C10H13FN2O/c1-10(2,3)9(17)14-8-7(15-16-12)4-6(11)5-13-8;1-10(2,3)9(14)13-8-5-4-7(11)6-12-8/h4-5H,1-3H3,(H,13,14,17);4-6H,1-3H3,(H,12,13,14). The molecule has 166 valence electrons. The zero-order chi connectivity index (χ0) is 23.8. The molecule has 0 aliphatic carbocycles. The van der Waals surface area contributed by atoms with Gasteiger partial charge in [0.2, 0.25) is 11.8 Å². The first-order valence-corrected chi connectivity index (χ1v) is 9.19. The predicted molar refractivity (Wildman–Crippen MR) is 113 cm³/mol. The third kappa shape index (κ3) is 8.75. The lowest BCUT2D eigenvalue weighted by atomic mass is 9.96. The second-order valence-electron chi connectivity index (χ2n) is 8.48. The number of anilines is 2. The Labute approximate surface area is 178 Å². The van der Waals surface area contributed by atoms with Crippen molar-refractivity contribution in [2.24, 2.45) is 15.9 Å². The van der Waals surface area contributed by atoms with Gasteiger partial charge < -0.3 is 10.6 Å². The van der Waals surface area contributed by atoms with Gasteiger partial charge in [-0.25, -0.2) is 18.7 Å². The normalized spacial score (nSPS) is 10.8. The number of azide groups is 1. The number of rotatable bonds is 3. The van der Waals surface area contributed by atoms with E-state index in [0.29, 0.717) is 5.82 Å². The molecular formula is C20H25F2N7O2. The van der Waals surface area contributed by atoms with Gasteiger partial charge in [0.15, 0.2) is 0 Å². The number of hydrogen-bond acceptors (Lipinski definition) is 5. The van der Waals surface area contributed by atoms with E-state index in [-0.39, 0.29) is 23.3 Å². The fourth-order valence-corrected chi connectivity index (χ4v) is 1.70. The summed E-state index contributed by atoms with van der Waals surface area (Å²) < 4.78 is 25.4. The molecule has 0 aliphatic heterocycles. The van der Waals surface area contributed by atoms with Gasteiger partial charge in [0.1, 0.15) is 23.3 Å². The van der Waals surface area contributed by atoms with Crippen LogP contribution in [0.15, 0.2) is 35.7 Å². The first kappa shape index (κ1) is 25.4. The summed E-state index contributed by atoms with van der Waals surface area (Å²) in [4.78, 5) is 33.1. The highest BCUT2D eigenvalue weighted by atomic mass is 19.1. The van der Waals surface area contributed by atoms with E-state index in [2.05, 4.69) is 30.6 Å². The third-order valence-electron chi connectivity index (χ3n) is 3.55. The van der Waals surface area contributed by atoms with Crippen molar-refractivity contribution in [3.63, 3.8) is 0 Å². The van der Waals surface area contributed by atoms with Crippen molar-refractivity contribution in [1.82, 2.24) is 9.97 Å². The first-order valence-electron chi connectivity index (χ1n) is 9.19. The maximum Gasteiger partial charge on any atom is 0.230 e. The summed E-state index contributed by atoms with van der Waals surface area (Å²) in [6.07, 6.45) is 2.01. The number of nitrogens with one attached hydrogen (secondary N) is 2. The molecule has 9 nitrogen and oxygen atoms in total. The topological polar surface area (TPSA) is 133 Å². The van der Waals surface area contributed by atoms with Crippen LogP contribution in [0.5, 0.6) is 0 Å². The molecule has 0 saturated carbocycles. The lowest BCUT2D eigenvalue weighted by Crippen LogP contribution is -2.28. The SMILES string of the molecule is CC(C)(C)C(=O)Nc1ccc(F)cn1.CC(C)(C)C(=O)Nc1ncc(F)cc1N=[N+]=[N-]. The lowest BCUT2D eigenvalue weighted by Gasteiger charge is -2.17. The predicted octanol–water partition coefficient (Wildman–Crippen LogP) is 5.35. The van der Waals surface area contributed by atoms with E-state index in [4.69, 9.17) is 5.53 Å². The summed E-state index contributed by atoms with van der Waals surface area (Å²) in [5, 5.41) is 8.34. The lowest BCUT2D eigenvalue weighted by molar-refractivity contribution is -0.123. The number of amides is 2. The van der Waals surface area contributed by atoms with E-state index in [9.17, 15) is 18.4 Å². The van der Waals surface area contributed by atoms with Gasteiger partial charge in [0.05, 0.1) is 18.1 Å². The zero-order valence-electron chi connectivity index (χ0n) is 18.2. The molecule has 0 atom stereocenters. The van der Waals surface area contributed by atoms with Crippen LogP contribution in [0, 0.1) is 22.5 Å². The largest absolute Gasteiger partial charge is 0.310 e. The van der Waals surface area contributed by atoms with E-state index in [1.54, 1.807) is 41.5 Å². The molecule has 0 unspecified atom stereocenters. The van der Waals surface area contributed by atoms with Crippen LogP contribution in [-0.2, 0) is 9.59 Å². The van der Waals surface area contributed by atoms with Crippen LogP contribution in [0.3, 0.4) is 0 Å². The van der Waals surface area contributed by atoms with Gasteiger partial charge >= 0.3 is 0 Å². The Hall–Kier alpha value is -3.59. The van der Waals surface area contributed by atoms with Gasteiger partial charge in [-0.05, 0) is 23.7 Å². The van der Waals surface area contributed by atoms with Crippen molar-refractivity contribution in [2.75, 3.05) is 10.6 Å². The number of carbonyl (C=O) groups is 2. The zero-order valence-corrected chi connectivity index (χ0v) is 18.2. The molecular weight excluding hydrogens is 408 g/mol. The molecule has 0 bridgehead atoms. The molecule has 0 radical (unpaired) electrons. The Morgan fingerprint density at radius 1 is 0.935 bits per heavy atom. The fourth-order valence-electron chi connectivity index (χ4n) is 1.70. The minimum absolute atomic E-state index is 0.0455. The molecule has 0 saturated heterocycles. The van der Waals surface area contributed by atoms with Crippen LogP contribution in [0.4, 0.5) is 26.1 Å². The minimum Gasteiger partial charge on any atom is -0.310 e. The van der Waals surface area contributed by atoms with E-state index in [1.807, 2.05) is 0 Å². The summed E-state index contributed by atoms with van der Waals surface area (Å²) in [6, 6.07) is 3.69. The fraction of sp³-hybridized carbons (Fsp3) is 0.400. The van der Waals surface area contributed by atoms with Crippen molar-refractivity contribution in [2.45, 2.75) is 41.5 Å². The summed E-state index contributed by atoms with van der Waals surface area (Å²) in [5.74, 6) is -1.09. The quantitative estimate of drug-likeness (QED) is 0.383. The van der Waals surface area contributed by atoms with Crippen molar-refractivity contribution in [3.8, 4) is 0 Å². The van der Waals surface area contributed by atoms with Crippen LogP contribution in [0.1, 0.15) is 41.5 Å². The number of halogens is 2. The average Bonchev–Trinajstić information content (AvgIpc) is 2.65. The van der Waals surface area contributed by atoms with Gasteiger partial charge in [-0.3, -0.25) is 9.59 Å². The molecule has 0 fully saturated rings. The van der Waals surface area contributed by atoms with Gasteiger partial charge in [-0.1, -0.05) is 46.7 Å². The number of hydrogen-bond donors (Lipinski definition) is 2. The van der Waals surface area contributed by atoms with E-state index >= 15 is 0 Å². The van der Waals surface area contributed by atoms with Crippen molar-refractivity contribution in [1.29, 1.82) is 0 Å². The van der Waals surface area contributed by atoms with Crippen LogP contribution < -0.4 is 10.6 Å². The third-order valence-corrected chi connectivity index (χ3v) is 3.55. The van der Waals surface area contributed by atoms with Gasteiger partial charge in [0, 0.05) is 15.7 Å². The van der Waals surface area contributed by atoms with Crippen molar-refractivity contribution in [3.05, 3.63) is 52.7 Å². The van der Waals surface area contributed by atoms with Gasteiger partial charge in [0.25, 0.3) is 0 Å². The Morgan fingerprint density at radius 2 is 1.48 bits per heavy atom. The van der Waals surface area contributed by atoms with Crippen molar-refractivity contribution < 1.29 is 18.4 Å².